The van der Waals surface area contributed by atoms with Crippen LogP contribution >= 0.6 is 0 Å². The molecule has 2 aliphatic heterocycles. The predicted molar refractivity (Wildman–Crippen MR) is 141 cm³/mol. The summed E-state index contributed by atoms with van der Waals surface area (Å²) < 4.78 is 11.2. The summed E-state index contributed by atoms with van der Waals surface area (Å²) >= 11 is 0. The van der Waals surface area contributed by atoms with E-state index in [-0.39, 0.29) is 29.5 Å². The first kappa shape index (κ1) is 27.0. The van der Waals surface area contributed by atoms with Crippen LogP contribution in [-0.2, 0) is 16.8 Å². The Morgan fingerprint density at radius 2 is 1.47 bits per heavy atom. The van der Waals surface area contributed by atoms with Crippen LogP contribution in [0.1, 0.15) is 22.3 Å². The first-order valence-electron chi connectivity index (χ1n) is 11.6. The van der Waals surface area contributed by atoms with Crippen LogP contribution in [0.3, 0.4) is 0 Å². The molecule has 1 aromatic carbocycles. The van der Waals surface area contributed by atoms with E-state index in [2.05, 4.69) is 45.4 Å². The number of rotatable bonds is 4. The second-order valence-corrected chi connectivity index (χ2v) is 20.8. The van der Waals surface area contributed by atoms with Crippen LogP contribution in [0.4, 0.5) is 0 Å². The Labute approximate surface area is 217 Å². The van der Waals surface area contributed by atoms with Crippen molar-refractivity contribution >= 4 is 27.6 Å². The maximum atomic E-state index is 13.3. The summed E-state index contributed by atoms with van der Waals surface area (Å²) in [6.45, 7) is 15.3. The molecule has 1 amide bonds. The van der Waals surface area contributed by atoms with Crippen LogP contribution in [0.25, 0.3) is 5.57 Å². The van der Waals surface area contributed by atoms with Crippen LogP contribution in [0.5, 0.6) is 11.5 Å². The quantitative estimate of drug-likeness (QED) is 0.429. The minimum absolute atomic E-state index is 0. The van der Waals surface area contributed by atoms with E-state index < -0.39 is 16.1 Å². The van der Waals surface area contributed by atoms with Gasteiger partial charge in [-0.15, -0.1) is 0 Å². The molecule has 34 heavy (non-hydrogen) atoms. The minimum atomic E-state index is -1.57. The molecule has 0 bridgehead atoms. The van der Waals surface area contributed by atoms with Crippen molar-refractivity contribution < 1.29 is 31.0 Å². The molecule has 0 unspecified atom stereocenters. The number of allylic oxidation sites excluding steroid dienone is 4. The number of ether oxygens (including phenoxy) is 2. The van der Waals surface area contributed by atoms with Gasteiger partial charge in [-0.1, -0.05) is 61.8 Å². The second-order valence-electron chi connectivity index (χ2n) is 10.7. The van der Waals surface area contributed by atoms with Gasteiger partial charge in [0.2, 0.25) is 6.79 Å². The zero-order chi connectivity index (χ0) is 23.8. The zero-order valence-electron chi connectivity index (χ0n) is 20.9. The predicted octanol–water partition coefficient (Wildman–Crippen LogP) is 6.24. The number of benzene rings is 1. The van der Waals surface area contributed by atoms with Gasteiger partial charge in [0.05, 0.1) is 21.7 Å². The van der Waals surface area contributed by atoms with Crippen LogP contribution in [0.15, 0.2) is 40.9 Å². The van der Waals surface area contributed by atoms with E-state index in [1.54, 1.807) is 10.1 Å². The summed E-state index contributed by atoms with van der Waals surface area (Å²) in [5.41, 5.74) is 2.95. The first-order valence-corrected chi connectivity index (χ1v) is 18.6. The first-order chi connectivity index (χ1) is 15.6. The molecule has 2 aliphatic carbocycles. The SMILES string of the molecule is C[Si](C)(C)C1=C([Si](C)(C)C)C(c2cc3c(cc2C(=O)N2C=CCC2)OCO3)=C1.[CH]1[CH][CH][CH][CH]1.[Co]. The van der Waals surface area contributed by atoms with Crippen LogP contribution in [0, 0.1) is 32.1 Å². The normalized spacial score (nSPS) is 18.8. The number of fused-ring (bicyclic) bond motifs is 1. The summed E-state index contributed by atoms with van der Waals surface area (Å²) in [7, 11) is -3.01. The molecule has 1 saturated carbocycles. The molecule has 182 valence electrons. The fourth-order valence-corrected chi connectivity index (χ4v) is 10.1. The molecule has 0 saturated heterocycles. The Morgan fingerprint density at radius 1 is 0.882 bits per heavy atom. The molecule has 7 heteroatoms. The van der Waals surface area contributed by atoms with E-state index in [4.69, 9.17) is 9.47 Å². The van der Waals surface area contributed by atoms with Gasteiger partial charge in [-0.3, -0.25) is 4.79 Å². The zero-order valence-corrected chi connectivity index (χ0v) is 23.9. The third-order valence-electron chi connectivity index (χ3n) is 6.06. The molecular weight excluding hydrogens is 501 g/mol. The van der Waals surface area contributed by atoms with Gasteiger partial charge in [0.1, 0.15) is 0 Å². The summed E-state index contributed by atoms with van der Waals surface area (Å²) in [4.78, 5) is 15.1. The van der Waals surface area contributed by atoms with Crippen molar-refractivity contribution in [3.63, 3.8) is 0 Å². The minimum Gasteiger partial charge on any atom is -0.454 e. The van der Waals surface area contributed by atoms with Gasteiger partial charge in [-0.25, -0.2) is 0 Å². The van der Waals surface area contributed by atoms with Gasteiger partial charge in [-0.05, 0) is 61.8 Å². The van der Waals surface area contributed by atoms with E-state index in [9.17, 15) is 4.79 Å². The summed E-state index contributed by atoms with van der Waals surface area (Å²) in [6, 6.07) is 3.89. The molecule has 0 N–H and O–H groups in total. The molecule has 5 rings (SSSR count). The average Bonchev–Trinajstić information content (AvgIpc) is 3.47. The number of amides is 1. The number of carbonyl (C=O) groups is 1. The van der Waals surface area contributed by atoms with E-state index in [1.165, 1.54) is 10.8 Å². The monoisotopic (exact) mass is 535 g/mol. The average molecular weight is 536 g/mol. The third-order valence-corrected chi connectivity index (χ3v) is 10.4. The van der Waals surface area contributed by atoms with Crippen molar-refractivity contribution in [2.45, 2.75) is 45.7 Å². The van der Waals surface area contributed by atoms with Crippen molar-refractivity contribution in [1.82, 2.24) is 4.90 Å². The molecular formula is C27H34CoNO3Si2. The van der Waals surface area contributed by atoms with Gasteiger partial charge >= 0.3 is 0 Å². The van der Waals surface area contributed by atoms with Crippen molar-refractivity contribution in [3.05, 3.63) is 84.1 Å². The second kappa shape index (κ2) is 10.6. The van der Waals surface area contributed by atoms with Gasteiger partial charge in [0, 0.05) is 29.5 Å². The smallest absolute Gasteiger partial charge is 0.258 e. The van der Waals surface area contributed by atoms with E-state index in [0.717, 1.165) is 24.3 Å². The number of hydrogen-bond donors (Lipinski definition) is 0. The van der Waals surface area contributed by atoms with E-state index in [0.29, 0.717) is 11.3 Å². The van der Waals surface area contributed by atoms with Gasteiger partial charge in [0.15, 0.2) is 11.5 Å². The van der Waals surface area contributed by atoms with Gasteiger partial charge in [0.25, 0.3) is 5.91 Å². The summed E-state index contributed by atoms with van der Waals surface area (Å²) in [6.07, 6.45) is 17.2. The van der Waals surface area contributed by atoms with E-state index >= 15 is 0 Å². The van der Waals surface area contributed by atoms with Crippen molar-refractivity contribution in [1.29, 1.82) is 0 Å². The van der Waals surface area contributed by atoms with Crippen LogP contribution < -0.4 is 9.47 Å². The number of hydrogen-bond acceptors (Lipinski definition) is 3. The topological polar surface area (TPSA) is 38.8 Å². The Hall–Kier alpha value is -1.55. The molecule has 1 fully saturated rings. The Balaban J connectivity index is 0.000000481. The Kier molecular flexibility index (Phi) is 8.43. The number of carbonyl (C=O) groups excluding carboxylic acids is 1. The fraction of sp³-hybridized carbons (Fsp3) is 0.333. The van der Waals surface area contributed by atoms with Crippen LogP contribution in [-0.4, -0.2) is 40.3 Å². The third kappa shape index (κ3) is 5.64. The molecule has 1 aromatic rings. The maximum Gasteiger partial charge on any atom is 0.258 e. The van der Waals surface area contributed by atoms with Crippen molar-refractivity contribution in [3.8, 4) is 11.5 Å². The molecule has 4 aliphatic rings. The summed E-state index contributed by atoms with van der Waals surface area (Å²) in [5, 5.41) is 3.08. The van der Waals surface area contributed by atoms with Gasteiger partial charge in [-0.2, -0.15) is 0 Å². The molecule has 4 nitrogen and oxygen atoms in total. The maximum absolute atomic E-state index is 13.3. The molecule has 0 aromatic heterocycles. The summed E-state index contributed by atoms with van der Waals surface area (Å²) in [5.74, 6) is 1.44. The standard InChI is InChI=1S/C22H29NO3Si2.C5H5.Co/c1-27(2,3)20-13-16(21(20)28(4,5)6)15-11-18-19(26-14-25-18)12-17(15)22(24)23-9-7-8-10-23;1-2-4-5-3-1;/h7,9,11-13H,8,10,14H2,1-6H3;1-5H;. The largest absolute Gasteiger partial charge is 0.454 e. The van der Waals surface area contributed by atoms with E-state index in [1.807, 2.05) is 56.5 Å². The Bertz CT molecular complexity index is 1020. The van der Waals surface area contributed by atoms with Gasteiger partial charge < -0.3 is 14.4 Å². The van der Waals surface area contributed by atoms with Crippen molar-refractivity contribution in [2.24, 2.45) is 0 Å². The number of nitrogens with zero attached hydrogens (tertiary/aromatic N) is 1. The Morgan fingerprint density at radius 3 is 1.97 bits per heavy atom. The molecule has 0 atom stereocenters. The molecule has 2 heterocycles. The fourth-order valence-electron chi connectivity index (χ4n) is 4.44. The molecule has 6 radical (unpaired) electrons. The van der Waals surface area contributed by atoms with Crippen molar-refractivity contribution in [2.75, 3.05) is 13.3 Å². The molecule has 0 spiro atoms. The van der Waals surface area contributed by atoms with Crippen LogP contribution in [0.2, 0.25) is 39.3 Å².